The first-order chi connectivity index (χ1) is 13.8. The zero-order chi connectivity index (χ0) is 21.1. The van der Waals surface area contributed by atoms with Gasteiger partial charge in [-0.25, -0.2) is 4.98 Å². The highest BCUT2D eigenvalue weighted by Gasteiger charge is 2.19. The molecule has 0 radical (unpaired) electrons. The van der Waals surface area contributed by atoms with Crippen LogP contribution in [0.2, 0.25) is 0 Å². The van der Waals surface area contributed by atoms with Crippen LogP contribution in [0.5, 0.6) is 0 Å². The molecule has 2 amide bonds. The third kappa shape index (κ3) is 4.29. The molecule has 2 heterocycles. The van der Waals surface area contributed by atoms with Crippen LogP contribution in [0.4, 0.5) is 5.95 Å². The Hall–Kier alpha value is -3.20. The maximum atomic E-state index is 12.9. The topological polar surface area (TPSA) is 134 Å². The molecule has 5 N–H and O–H groups in total. The van der Waals surface area contributed by atoms with E-state index in [1.54, 1.807) is 28.9 Å². The normalized spacial score (nSPS) is 12.3. The van der Waals surface area contributed by atoms with Crippen LogP contribution in [-0.4, -0.2) is 37.2 Å². The Labute approximate surface area is 169 Å². The number of fused-ring (bicyclic) bond motifs is 1. The van der Waals surface area contributed by atoms with E-state index >= 15 is 0 Å². The number of benzene rings is 1. The van der Waals surface area contributed by atoms with Crippen molar-refractivity contribution in [3.05, 3.63) is 41.2 Å². The zero-order valence-electron chi connectivity index (χ0n) is 17.0. The molecule has 9 nitrogen and oxygen atoms in total. The van der Waals surface area contributed by atoms with Gasteiger partial charge in [0.1, 0.15) is 5.69 Å². The molecule has 29 heavy (non-hydrogen) atoms. The summed E-state index contributed by atoms with van der Waals surface area (Å²) in [4.78, 5) is 28.9. The highest BCUT2D eigenvalue weighted by Crippen LogP contribution is 2.23. The number of rotatable bonds is 8. The Morgan fingerprint density at radius 1 is 1.24 bits per heavy atom. The lowest BCUT2D eigenvalue weighted by Gasteiger charge is -2.13. The second-order valence-corrected chi connectivity index (χ2v) is 7.05. The number of primary amides is 1. The Bertz CT molecular complexity index is 1050. The molecular formula is C20H27N7O2. The fraction of sp³-hybridized carbons (Fsp3) is 0.400. The molecule has 0 saturated carbocycles. The molecule has 2 aromatic heterocycles. The van der Waals surface area contributed by atoms with Gasteiger partial charge in [-0.15, -0.1) is 0 Å². The van der Waals surface area contributed by atoms with Crippen molar-refractivity contribution < 1.29 is 9.59 Å². The lowest BCUT2D eigenvalue weighted by molar-refractivity contribution is 0.0996. The summed E-state index contributed by atoms with van der Waals surface area (Å²) in [6.07, 6.45) is 1.59. The molecule has 1 unspecified atom stereocenters. The zero-order valence-corrected chi connectivity index (χ0v) is 17.0. The summed E-state index contributed by atoms with van der Waals surface area (Å²) in [6, 6.07) is 6.86. The number of nitrogens with zero attached hydrogens (tertiary/aromatic N) is 4. The Morgan fingerprint density at radius 2 is 2.00 bits per heavy atom. The molecule has 0 spiro atoms. The lowest BCUT2D eigenvalue weighted by Crippen LogP contribution is -2.23. The van der Waals surface area contributed by atoms with E-state index in [0.717, 1.165) is 24.1 Å². The first-order valence-electron chi connectivity index (χ1n) is 9.75. The molecule has 0 aliphatic heterocycles. The van der Waals surface area contributed by atoms with Gasteiger partial charge in [0.2, 0.25) is 11.9 Å². The van der Waals surface area contributed by atoms with Crippen molar-refractivity contribution in [2.75, 3.05) is 5.32 Å². The van der Waals surface area contributed by atoms with Crippen LogP contribution < -0.4 is 16.8 Å². The number of nitrogens with two attached hydrogens (primary N) is 2. The third-order valence-corrected chi connectivity index (χ3v) is 4.94. The molecule has 0 bridgehead atoms. The van der Waals surface area contributed by atoms with Crippen molar-refractivity contribution in [2.24, 2.45) is 11.5 Å². The van der Waals surface area contributed by atoms with Crippen molar-refractivity contribution in [2.45, 2.75) is 52.7 Å². The highest BCUT2D eigenvalue weighted by atomic mass is 16.2. The maximum Gasteiger partial charge on any atom is 0.276 e. The largest absolute Gasteiger partial charge is 0.366 e. The lowest BCUT2D eigenvalue weighted by atomic mass is 10.1. The van der Waals surface area contributed by atoms with E-state index in [1.807, 2.05) is 25.3 Å². The number of amides is 2. The quantitative estimate of drug-likeness (QED) is 0.535. The molecule has 0 aliphatic carbocycles. The van der Waals surface area contributed by atoms with E-state index in [1.165, 1.54) is 0 Å². The van der Waals surface area contributed by atoms with E-state index < -0.39 is 5.91 Å². The van der Waals surface area contributed by atoms with Crippen molar-refractivity contribution in [3.8, 4) is 0 Å². The summed E-state index contributed by atoms with van der Waals surface area (Å²) < 4.78 is 3.56. The van der Waals surface area contributed by atoms with E-state index in [9.17, 15) is 9.59 Å². The van der Waals surface area contributed by atoms with Crippen molar-refractivity contribution in [3.63, 3.8) is 0 Å². The first-order valence-corrected chi connectivity index (χ1v) is 9.75. The smallest absolute Gasteiger partial charge is 0.276 e. The summed E-state index contributed by atoms with van der Waals surface area (Å²) in [5, 5.41) is 7.21. The Balaban J connectivity index is 1.99. The van der Waals surface area contributed by atoms with Crippen LogP contribution in [0, 0.1) is 6.92 Å². The standard InChI is InChI=1S/C20H27N7O2/c1-4-14(21)8-9-26-16-7-6-13(18(22)28)11-15(16)23-20(26)24-19(29)17-10-12(3)25-27(17)5-2/h6-7,10-11,14H,4-5,8-9,21H2,1-3H3,(H2,22,28)(H,23,24,29). The minimum atomic E-state index is -0.526. The number of aromatic nitrogens is 4. The predicted octanol–water partition coefficient (Wildman–Crippen LogP) is 2.04. The first kappa shape index (κ1) is 20.5. The summed E-state index contributed by atoms with van der Waals surface area (Å²) in [6.45, 7) is 6.97. The molecule has 154 valence electrons. The molecule has 9 heteroatoms. The van der Waals surface area contributed by atoms with E-state index in [4.69, 9.17) is 11.5 Å². The van der Waals surface area contributed by atoms with Crippen LogP contribution in [0.25, 0.3) is 11.0 Å². The summed E-state index contributed by atoms with van der Waals surface area (Å²) >= 11 is 0. The summed E-state index contributed by atoms with van der Waals surface area (Å²) in [7, 11) is 0. The van der Waals surface area contributed by atoms with Gasteiger partial charge in [0.15, 0.2) is 0 Å². The van der Waals surface area contributed by atoms with E-state index in [0.29, 0.717) is 35.8 Å². The second kappa shape index (κ2) is 8.44. The maximum absolute atomic E-state index is 12.9. The van der Waals surface area contributed by atoms with Gasteiger partial charge in [-0.1, -0.05) is 6.92 Å². The molecule has 1 atom stereocenters. The van der Waals surface area contributed by atoms with E-state index in [-0.39, 0.29) is 11.9 Å². The van der Waals surface area contributed by atoms with Gasteiger partial charge in [-0.05, 0) is 51.0 Å². The molecule has 0 saturated heterocycles. The fourth-order valence-corrected chi connectivity index (χ4v) is 3.24. The van der Waals surface area contributed by atoms with Gasteiger partial charge in [-0.3, -0.25) is 19.6 Å². The van der Waals surface area contributed by atoms with Crippen LogP contribution in [0.1, 0.15) is 53.2 Å². The highest BCUT2D eigenvalue weighted by molar-refractivity contribution is 6.03. The molecule has 3 aromatic rings. The molecule has 0 fully saturated rings. The number of imidazole rings is 1. The Morgan fingerprint density at radius 3 is 2.66 bits per heavy atom. The fourth-order valence-electron chi connectivity index (χ4n) is 3.24. The van der Waals surface area contributed by atoms with E-state index in [2.05, 4.69) is 15.4 Å². The van der Waals surface area contributed by atoms with Crippen LogP contribution in [0.3, 0.4) is 0 Å². The number of carbonyl (C=O) groups excluding carboxylic acids is 2. The molecule has 1 aromatic carbocycles. The minimum Gasteiger partial charge on any atom is -0.366 e. The van der Waals surface area contributed by atoms with Crippen molar-refractivity contribution >= 4 is 28.8 Å². The third-order valence-electron chi connectivity index (χ3n) is 4.94. The molecular weight excluding hydrogens is 370 g/mol. The minimum absolute atomic E-state index is 0.0464. The number of carbonyl (C=O) groups is 2. The SMILES string of the molecule is CCC(N)CCn1c(NC(=O)c2cc(C)nn2CC)nc2cc(C(N)=O)ccc21. The summed E-state index contributed by atoms with van der Waals surface area (Å²) in [5.41, 5.74) is 14.5. The number of nitrogens with one attached hydrogen (secondary N) is 1. The van der Waals surface area contributed by atoms with Gasteiger partial charge >= 0.3 is 0 Å². The van der Waals surface area contributed by atoms with Gasteiger partial charge in [0.05, 0.1) is 16.7 Å². The van der Waals surface area contributed by atoms with Gasteiger partial charge in [0.25, 0.3) is 5.91 Å². The summed E-state index contributed by atoms with van der Waals surface area (Å²) in [5.74, 6) is -0.419. The van der Waals surface area contributed by atoms with Gasteiger partial charge < -0.3 is 16.0 Å². The molecule has 0 aliphatic rings. The van der Waals surface area contributed by atoms with Gasteiger partial charge in [-0.2, -0.15) is 5.10 Å². The van der Waals surface area contributed by atoms with Crippen molar-refractivity contribution in [1.82, 2.24) is 19.3 Å². The molecule has 3 rings (SSSR count). The van der Waals surface area contributed by atoms with Gasteiger partial charge in [0, 0.05) is 24.7 Å². The number of anilines is 1. The predicted molar refractivity (Wildman–Crippen MR) is 112 cm³/mol. The Kier molecular flexibility index (Phi) is 5.97. The van der Waals surface area contributed by atoms with Crippen LogP contribution >= 0.6 is 0 Å². The van der Waals surface area contributed by atoms with Crippen molar-refractivity contribution in [1.29, 1.82) is 0 Å². The number of hydrogen-bond acceptors (Lipinski definition) is 5. The average Bonchev–Trinajstić information content (AvgIpc) is 3.24. The van der Waals surface area contributed by atoms with Crippen LogP contribution in [0.15, 0.2) is 24.3 Å². The second-order valence-electron chi connectivity index (χ2n) is 7.05. The number of hydrogen-bond donors (Lipinski definition) is 3. The number of aryl methyl sites for hydroxylation is 3. The van der Waals surface area contributed by atoms with Crippen LogP contribution in [-0.2, 0) is 13.1 Å². The average molecular weight is 397 g/mol. The monoisotopic (exact) mass is 397 g/mol.